The molecular formula is C16H27NO. The molecule has 0 unspecified atom stereocenters. The fourth-order valence-corrected chi connectivity index (χ4v) is 2.11. The zero-order chi connectivity index (χ0) is 13.2. The van der Waals surface area contributed by atoms with Crippen molar-refractivity contribution in [3.05, 3.63) is 36.5 Å². The van der Waals surface area contributed by atoms with Crippen LogP contribution in [0.4, 0.5) is 0 Å². The number of nitrogens with one attached hydrogen (secondary N) is 1. The summed E-state index contributed by atoms with van der Waals surface area (Å²) in [7, 11) is 0. The van der Waals surface area contributed by atoms with Crippen LogP contribution in [-0.4, -0.2) is 23.3 Å². The van der Waals surface area contributed by atoms with E-state index in [9.17, 15) is 5.11 Å². The van der Waals surface area contributed by atoms with E-state index < -0.39 is 0 Å². The molecule has 0 aromatic carbocycles. The fourth-order valence-electron chi connectivity index (χ4n) is 2.11. The van der Waals surface area contributed by atoms with Gasteiger partial charge in [0.05, 0.1) is 6.10 Å². The Hall–Kier alpha value is -0.860. The second kappa shape index (κ2) is 9.12. The molecule has 0 saturated carbocycles. The first-order valence-electron chi connectivity index (χ1n) is 7.18. The van der Waals surface area contributed by atoms with Crippen LogP contribution in [0.15, 0.2) is 36.5 Å². The highest BCUT2D eigenvalue weighted by Crippen LogP contribution is 2.13. The van der Waals surface area contributed by atoms with E-state index in [0.29, 0.717) is 6.04 Å². The molecule has 0 spiro atoms. The highest BCUT2D eigenvalue weighted by Gasteiger charge is 2.22. The van der Waals surface area contributed by atoms with E-state index in [1.54, 1.807) is 0 Å². The quantitative estimate of drug-likeness (QED) is 0.559. The van der Waals surface area contributed by atoms with E-state index in [-0.39, 0.29) is 12.1 Å². The van der Waals surface area contributed by atoms with Crippen LogP contribution in [0.5, 0.6) is 0 Å². The Kier molecular flexibility index (Phi) is 7.70. The fraction of sp³-hybridized carbons (Fsp3) is 0.625. The van der Waals surface area contributed by atoms with E-state index in [0.717, 1.165) is 12.8 Å². The Morgan fingerprint density at radius 3 is 2.67 bits per heavy atom. The summed E-state index contributed by atoms with van der Waals surface area (Å²) in [5.41, 5.74) is 0. The maximum atomic E-state index is 9.60. The van der Waals surface area contributed by atoms with Crippen LogP contribution in [0.25, 0.3) is 0 Å². The number of piperidine rings is 1. The van der Waals surface area contributed by atoms with Gasteiger partial charge < -0.3 is 10.4 Å². The third-order valence-electron chi connectivity index (χ3n) is 3.36. The van der Waals surface area contributed by atoms with Crippen molar-refractivity contribution in [2.75, 3.05) is 0 Å². The minimum atomic E-state index is -0.188. The van der Waals surface area contributed by atoms with E-state index in [2.05, 4.69) is 48.7 Å². The molecular weight excluding hydrogens is 222 g/mol. The average Bonchev–Trinajstić information content (AvgIpc) is 2.37. The highest BCUT2D eigenvalue weighted by atomic mass is 16.3. The van der Waals surface area contributed by atoms with Crippen molar-refractivity contribution in [2.45, 2.75) is 64.1 Å². The second-order valence-electron chi connectivity index (χ2n) is 5.05. The molecule has 1 heterocycles. The van der Waals surface area contributed by atoms with Crippen LogP contribution in [-0.2, 0) is 0 Å². The van der Waals surface area contributed by atoms with Crippen molar-refractivity contribution < 1.29 is 5.11 Å². The van der Waals surface area contributed by atoms with Gasteiger partial charge in [-0.15, -0.1) is 0 Å². The number of allylic oxidation sites excluding steroid dienone is 5. The molecule has 0 amide bonds. The molecule has 0 aromatic heterocycles. The van der Waals surface area contributed by atoms with E-state index in [1.165, 1.54) is 19.3 Å². The van der Waals surface area contributed by atoms with E-state index in [4.69, 9.17) is 0 Å². The van der Waals surface area contributed by atoms with Gasteiger partial charge in [0.25, 0.3) is 0 Å². The summed E-state index contributed by atoms with van der Waals surface area (Å²) in [6, 6.07) is 0.600. The van der Waals surface area contributed by atoms with Gasteiger partial charge in [-0.05, 0) is 26.2 Å². The van der Waals surface area contributed by atoms with Crippen molar-refractivity contribution in [1.29, 1.82) is 0 Å². The molecule has 0 aromatic rings. The predicted octanol–water partition coefficient (Wildman–Crippen LogP) is 3.35. The number of aliphatic hydroxyl groups excluding tert-OH is 1. The Bertz CT molecular complexity index is 293. The molecule has 1 aliphatic rings. The summed E-state index contributed by atoms with van der Waals surface area (Å²) in [4.78, 5) is 0. The van der Waals surface area contributed by atoms with Gasteiger partial charge in [-0.2, -0.15) is 0 Å². The molecule has 2 nitrogen and oxygen atoms in total. The van der Waals surface area contributed by atoms with Crippen LogP contribution in [0.2, 0.25) is 0 Å². The normalized spacial score (nSPS) is 29.8. The Morgan fingerprint density at radius 2 is 1.94 bits per heavy atom. The Labute approximate surface area is 111 Å². The molecule has 102 valence electrons. The molecule has 1 aliphatic heterocycles. The van der Waals surface area contributed by atoms with Crippen molar-refractivity contribution in [2.24, 2.45) is 0 Å². The number of hydrogen-bond donors (Lipinski definition) is 2. The van der Waals surface area contributed by atoms with Crippen molar-refractivity contribution in [1.82, 2.24) is 5.32 Å². The number of rotatable bonds is 6. The molecule has 2 heteroatoms. The van der Waals surface area contributed by atoms with E-state index in [1.807, 2.05) is 6.92 Å². The van der Waals surface area contributed by atoms with Gasteiger partial charge in [0, 0.05) is 12.1 Å². The van der Waals surface area contributed by atoms with Crippen molar-refractivity contribution >= 4 is 0 Å². The zero-order valence-corrected chi connectivity index (χ0v) is 11.7. The molecule has 1 saturated heterocycles. The molecule has 18 heavy (non-hydrogen) atoms. The van der Waals surface area contributed by atoms with Gasteiger partial charge in [0.1, 0.15) is 0 Å². The third kappa shape index (κ3) is 6.18. The van der Waals surface area contributed by atoms with Gasteiger partial charge in [-0.3, -0.25) is 0 Å². The summed E-state index contributed by atoms with van der Waals surface area (Å²) in [5.74, 6) is 0. The highest BCUT2D eigenvalue weighted by molar-refractivity contribution is 5.13. The zero-order valence-electron chi connectivity index (χ0n) is 11.7. The predicted molar refractivity (Wildman–Crippen MR) is 78.6 cm³/mol. The summed E-state index contributed by atoms with van der Waals surface area (Å²) in [5, 5.41) is 13.0. The summed E-state index contributed by atoms with van der Waals surface area (Å²) in [6.07, 6.45) is 18.2. The van der Waals surface area contributed by atoms with Crippen LogP contribution in [0, 0.1) is 0 Å². The van der Waals surface area contributed by atoms with Crippen LogP contribution in [0.1, 0.15) is 46.0 Å². The molecule has 2 N–H and O–H groups in total. The summed E-state index contributed by atoms with van der Waals surface area (Å²) >= 11 is 0. The van der Waals surface area contributed by atoms with Gasteiger partial charge in [-0.1, -0.05) is 56.2 Å². The van der Waals surface area contributed by atoms with Crippen LogP contribution >= 0.6 is 0 Å². The molecule has 1 rings (SSSR count). The third-order valence-corrected chi connectivity index (χ3v) is 3.36. The van der Waals surface area contributed by atoms with Gasteiger partial charge in [-0.25, -0.2) is 0 Å². The molecule has 0 bridgehead atoms. The van der Waals surface area contributed by atoms with Crippen molar-refractivity contribution in [3.63, 3.8) is 0 Å². The standard InChI is InChI=1S/C16H27NO/c1-3-4-5-6-7-8-9-10-11-15-12-13-16(18)14(2)17-15/h6-11,14-18H,3-5,12-13H2,1-2H3/t14-,15+,16+/m0/s1. The lowest BCUT2D eigenvalue weighted by Crippen LogP contribution is -2.47. The minimum Gasteiger partial charge on any atom is -0.392 e. The van der Waals surface area contributed by atoms with Crippen LogP contribution in [0.3, 0.4) is 0 Å². The first kappa shape index (κ1) is 15.2. The summed E-state index contributed by atoms with van der Waals surface area (Å²) < 4.78 is 0. The molecule has 0 aliphatic carbocycles. The Balaban J connectivity index is 2.20. The first-order valence-corrected chi connectivity index (χ1v) is 7.18. The number of unbranched alkanes of at least 4 members (excludes halogenated alkanes) is 2. The molecule has 0 radical (unpaired) electrons. The first-order chi connectivity index (χ1) is 8.74. The summed E-state index contributed by atoms with van der Waals surface area (Å²) in [6.45, 7) is 4.25. The van der Waals surface area contributed by atoms with Gasteiger partial charge in [0.2, 0.25) is 0 Å². The minimum absolute atomic E-state index is 0.188. The SMILES string of the molecule is CCCCC=CC=CC=C[C@@H]1CC[C@@H](O)[C@H](C)N1. The molecule has 3 atom stereocenters. The van der Waals surface area contributed by atoms with Crippen molar-refractivity contribution in [3.8, 4) is 0 Å². The second-order valence-corrected chi connectivity index (χ2v) is 5.05. The number of hydrogen-bond acceptors (Lipinski definition) is 2. The van der Waals surface area contributed by atoms with Gasteiger partial charge >= 0.3 is 0 Å². The monoisotopic (exact) mass is 249 g/mol. The maximum Gasteiger partial charge on any atom is 0.0691 e. The average molecular weight is 249 g/mol. The van der Waals surface area contributed by atoms with Crippen LogP contribution < -0.4 is 5.32 Å². The van der Waals surface area contributed by atoms with E-state index >= 15 is 0 Å². The maximum absolute atomic E-state index is 9.60. The lowest BCUT2D eigenvalue weighted by molar-refractivity contribution is 0.0943. The Morgan fingerprint density at radius 1 is 1.17 bits per heavy atom. The number of aliphatic hydroxyl groups is 1. The lowest BCUT2D eigenvalue weighted by Gasteiger charge is -2.31. The van der Waals surface area contributed by atoms with Gasteiger partial charge in [0.15, 0.2) is 0 Å². The lowest BCUT2D eigenvalue weighted by atomic mass is 9.96. The largest absolute Gasteiger partial charge is 0.392 e. The topological polar surface area (TPSA) is 32.3 Å². The smallest absolute Gasteiger partial charge is 0.0691 e. The molecule has 1 fully saturated rings.